The molecule has 0 aliphatic heterocycles. The minimum atomic E-state index is -0.527. The summed E-state index contributed by atoms with van der Waals surface area (Å²) in [5, 5.41) is 8.85. The minimum absolute atomic E-state index is 0.0108. The van der Waals surface area contributed by atoms with Crippen LogP contribution in [0, 0.1) is 34.8 Å². The van der Waals surface area contributed by atoms with Crippen LogP contribution in [0.4, 0.5) is 8.78 Å². The fraction of sp³-hybridized carbons (Fsp3) is 0.458. The molecule has 0 amide bonds. The largest absolute Gasteiger partial charge is 0.206 e. The van der Waals surface area contributed by atoms with Crippen LogP contribution in [0.25, 0.3) is 11.1 Å². The van der Waals surface area contributed by atoms with Crippen molar-refractivity contribution < 1.29 is 8.78 Å². The number of halogens is 2. The summed E-state index contributed by atoms with van der Waals surface area (Å²) in [5.41, 5.74) is 1.66. The number of nitriles is 1. The van der Waals surface area contributed by atoms with Crippen molar-refractivity contribution in [2.24, 2.45) is 11.8 Å². The molecule has 0 heterocycles. The van der Waals surface area contributed by atoms with Crippen LogP contribution in [0.1, 0.15) is 63.0 Å². The summed E-state index contributed by atoms with van der Waals surface area (Å²) in [4.78, 5) is 0. The summed E-state index contributed by atoms with van der Waals surface area (Å²) in [6.07, 6.45) is 9.44. The summed E-state index contributed by atoms with van der Waals surface area (Å²) in [6.45, 7) is 2.25. The van der Waals surface area contributed by atoms with E-state index >= 15 is 0 Å². The van der Waals surface area contributed by atoms with Gasteiger partial charge in [0.2, 0.25) is 0 Å². The molecule has 1 fully saturated rings. The second-order valence-corrected chi connectivity index (χ2v) is 7.84. The van der Waals surface area contributed by atoms with Gasteiger partial charge in [-0.2, -0.15) is 5.26 Å². The molecule has 0 unspecified atom stereocenters. The maximum Gasteiger partial charge on any atom is 0.134 e. The molecule has 1 saturated carbocycles. The summed E-state index contributed by atoms with van der Waals surface area (Å²) in [5.74, 6) is 0.512. The molecule has 0 saturated heterocycles. The average Bonchev–Trinajstić information content (AvgIpc) is 2.68. The molecule has 0 atom stereocenters. The lowest BCUT2D eigenvalue weighted by Gasteiger charge is -2.28. The number of rotatable bonds is 6. The van der Waals surface area contributed by atoms with Crippen molar-refractivity contribution in [2.45, 2.75) is 58.3 Å². The van der Waals surface area contributed by atoms with Gasteiger partial charge >= 0.3 is 0 Å². The second kappa shape index (κ2) is 9.13. The molecule has 0 spiro atoms. The van der Waals surface area contributed by atoms with Crippen LogP contribution < -0.4 is 0 Å². The highest BCUT2D eigenvalue weighted by Crippen LogP contribution is 2.34. The Balaban J connectivity index is 1.64. The third kappa shape index (κ3) is 4.95. The Morgan fingerprint density at radius 1 is 0.926 bits per heavy atom. The zero-order valence-electron chi connectivity index (χ0n) is 16.0. The lowest BCUT2D eigenvalue weighted by molar-refractivity contribution is 0.252. The van der Waals surface area contributed by atoms with E-state index in [0.717, 1.165) is 24.3 Å². The summed E-state index contributed by atoms with van der Waals surface area (Å²) >= 11 is 0. The molecule has 3 rings (SSSR count). The predicted molar refractivity (Wildman–Crippen MR) is 105 cm³/mol. The molecule has 1 aliphatic carbocycles. The number of hydrogen-bond donors (Lipinski definition) is 0. The van der Waals surface area contributed by atoms with Crippen LogP contribution in [-0.4, -0.2) is 0 Å². The van der Waals surface area contributed by atoms with Gasteiger partial charge in [-0.3, -0.25) is 0 Å². The molecule has 0 radical (unpaired) electrons. The minimum Gasteiger partial charge on any atom is -0.206 e. The van der Waals surface area contributed by atoms with E-state index in [2.05, 4.69) is 6.92 Å². The van der Waals surface area contributed by atoms with E-state index in [1.807, 2.05) is 6.07 Å². The predicted octanol–water partition coefficient (Wildman–Crippen LogP) is 7.04. The topological polar surface area (TPSA) is 23.8 Å². The number of hydrogen-bond acceptors (Lipinski definition) is 1. The molecule has 3 heteroatoms. The second-order valence-electron chi connectivity index (χ2n) is 7.84. The first kappa shape index (κ1) is 19.5. The molecule has 1 aliphatic rings. The highest BCUT2D eigenvalue weighted by molar-refractivity contribution is 5.66. The van der Waals surface area contributed by atoms with Crippen LogP contribution in [0.5, 0.6) is 0 Å². The molecule has 2 aromatic rings. The van der Waals surface area contributed by atoms with Crippen molar-refractivity contribution in [1.29, 1.82) is 5.26 Å². The lowest BCUT2D eigenvalue weighted by atomic mass is 9.78. The number of benzene rings is 2. The van der Waals surface area contributed by atoms with Crippen molar-refractivity contribution in [3.63, 3.8) is 0 Å². The maximum atomic E-state index is 14.6. The SMILES string of the molecule is CCCC1CCC(CCc2cc(F)c(-c3ccc(C#N)cc3)c(F)c2)CC1. The van der Waals surface area contributed by atoms with Gasteiger partial charge in [0.1, 0.15) is 11.6 Å². The van der Waals surface area contributed by atoms with Crippen molar-refractivity contribution in [3.05, 3.63) is 59.2 Å². The van der Waals surface area contributed by atoms with Gasteiger partial charge in [0.25, 0.3) is 0 Å². The van der Waals surface area contributed by atoms with E-state index < -0.39 is 11.6 Å². The zero-order chi connectivity index (χ0) is 19.2. The molecule has 2 aromatic carbocycles. The zero-order valence-corrected chi connectivity index (χ0v) is 16.0. The van der Waals surface area contributed by atoms with Crippen LogP contribution in [0.15, 0.2) is 36.4 Å². The van der Waals surface area contributed by atoms with Gasteiger partial charge in [-0.25, -0.2) is 8.78 Å². The third-order valence-electron chi connectivity index (χ3n) is 5.91. The van der Waals surface area contributed by atoms with Crippen LogP contribution >= 0.6 is 0 Å². The summed E-state index contributed by atoms with van der Waals surface area (Å²) in [6, 6.07) is 11.3. The number of nitrogens with zero attached hydrogens (tertiary/aromatic N) is 1. The molecule has 0 bridgehead atoms. The Kier molecular flexibility index (Phi) is 6.61. The van der Waals surface area contributed by atoms with Crippen LogP contribution in [0.3, 0.4) is 0 Å². The van der Waals surface area contributed by atoms with Gasteiger partial charge in [-0.05, 0) is 60.1 Å². The maximum absolute atomic E-state index is 14.6. The molecule has 1 nitrogen and oxygen atoms in total. The smallest absolute Gasteiger partial charge is 0.134 e. The number of aryl methyl sites for hydroxylation is 1. The highest BCUT2D eigenvalue weighted by Gasteiger charge is 2.21. The van der Waals surface area contributed by atoms with Crippen molar-refractivity contribution in [3.8, 4) is 17.2 Å². The first-order valence-corrected chi connectivity index (χ1v) is 10.1. The average molecular weight is 367 g/mol. The fourth-order valence-corrected chi connectivity index (χ4v) is 4.35. The van der Waals surface area contributed by atoms with E-state index in [1.165, 1.54) is 50.7 Å². The first-order chi connectivity index (χ1) is 13.1. The van der Waals surface area contributed by atoms with Crippen molar-refractivity contribution >= 4 is 0 Å². The van der Waals surface area contributed by atoms with E-state index in [0.29, 0.717) is 17.0 Å². The third-order valence-corrected chi connectivity index (χ3v) is 5.91. The summed E-state index contributed by atoms with van der Waals surface area (Å²) in [7, 11) is 0. The van der Waals surface area contributed by atoms with Gasteiger partial charge in [-0.1, -0.05) is 57.6 Å². The first-order valence-electron chi connectivity index (χ1n) is 10.1. The molecule has 142 valence electrons. The molecule has 0 aromatic heterocycles. The van der Waals surface area contributed by atoms with Gasteiger partial charge in [0.15, 0.2) is 0 Å². The normalized spacial score (nSPS) is 19.6. The Labute approximate surface area is 161 Å². The van der Waals surface area contributed by atoms with Gasteiger partial charge in [-0.15, -0.1) is 0 Å². The van der Waals surface area contributed by atoms with Gasteiger partial charge in [0.05, 0.1) is 17.2 Å². The Bertz CT molecular complexity index is 773. The van der Waals surface area contributed by atoms with E-state index in [4.69, 9.17) is 5.26 Å². The quantitative estimate of drug-likeness (QED) is 0.537. The highest BCUT2D eigenvalue weighted by atomic mass is 19.1. The Morgan fingerprint density at radius 3 is 2.00 bits per heavy atom. The molecule has 0 N–H and O–H groups in total. The Morgan fingerprint density at radius 2 is 1.48 bits per heavy atom. The van der Waals surface area contributed by atoms with Crippen molar-refractivity contribution in [1.82, 2.24) is 0 Å². The van der Waals surface area contributed by atoms with E-state index in [-0.39, 0.29) is 5.56 Å². The summed E-state index contributed by atoms with van der Waals surface area (Å²) < 4.78 is 29.2. The molecular weight excluding hydrogens is 340 g/mol. The van der Waals surface area contributed by atoms with Crippen LogP contribution in [0.2, 0.25) is 0 Å². The van der Waals surface area contributed by atoms with E-state index in [9.17, 15) is 8.78 Å². The molecular formula is C24H27F2N. The lowest BCUT2D eigenvalue weighted by Crippen LogP contribution is -2.15. The standard InChI is InChI=1S/C24H27F2N/c1-2-3-17-4-6-18(7-5-17)8-9-20-14-22(25)24(23(26)15-20)21-12-10-19(16-27)11-13-21/h10-15,17-18H,2-9H2,1H3. The van der Waals surface area contributed by atoms with Gasteiger partial charge in [0, 0.05) is 0 Å². The van der Waals surface area contributed by atoms with Gasteiger partial charge < -0.3 is 0 Å². The van der Waals surface area contributed by atoms with Crippen LogP contribution in [-0.2, 0) is 6.42 Å². The Hall–Kier alpha value is -2.21. The molecule has 27 heavy (non-hydrogen) atoms. The van der Waals surface area contributed by atoms with Crippen molar-refractivity contribution in [2.75, 3.05) is 0 Å². The monoisotopic (exact) mass is 367 g/mol. The van der Waals surface area contributed by atoms with E-state index in [1.54, 1.807) is 24.3 Å². The fourth-order valence-electron chi connectivity index (χ4n) is 4.35.